The second-order valence-electron chi connectivity index (χ2n) is 5.74. The fourth-order valence-electron chi connectivity index (χ4n) is 2.85. The number of esters is 1. The van der Waals surface area contributed by atoms with E-state index in [0.29, 0.717) is 25.0 Å². The van der Waals surface area contributed by atoms with Crippen molar-refractivity contribution in [2.75, 3.05) is 11.9 Å². The first kappa shape index (κ1) is 14.9. The number of carbonyl (C=O) groups excluding carboxylic acids is 1. The number of hydrogen-bond acceptors (Lipinski definition) is 3. The highest BCUT2D eigenvalue weighted by atomic mass is 16.5. The van der Waals surface area contributed by atoms with Crippen molar-refractivity contribution in [1.82, 2.24) is 0 Å². The number of ether oxygens (including phenoxy) is 1. The molecule has 0 aliphatic heterocycles. The lowest BCUT2D eigenvalue weighted by atomic mass is 9.84. The van der Waals surface area contributed by atoms with Crippen molar-refractivity contribution in [3.05, 3.63) is 29.8 Å². The van der Waals surface area contributed by atoms with Crippen molar-refractivity contribution in [3.8, 4) is 0 Å². The van der Waals surface area contributed by atoms with E-state index in [1.807, 2.05) is 6.92 Å². The van der Waals surface area contributed by atoms with E-state index in [9.17, 15) is 4.79 Å². The molecule has 1 fully saturated rings. The van der Waals surface area contributed by atoms with E-state index in [1.165, 1.54) is 11.3 Å². The fraction of sp³-hybridized carbons (Fsp3) is 0.588. The van der Waals surface area contributed by atoms with Gasteiger partial charge in [-0.2, -0.15) is 0 Å². The number of aryl methyl sites for hydroxylation is 1. The topological polar surface area (TPSA) is 38.3 Å². The highest BCUT2D eigenvalue weighted by Crippen LogP contribution is 2.29. The molecule has 0 amide bonds. The zero-order valence-electron chi connectivity index (χ0n) is 12.5. The highest BCUT2D eigenvalue weighted by Gasteiger charge is 2.23. The van der Waals surface area contributed by atoms with Gasteiger partial charge in [-0.3, -0.25) is 4.79 Å². The van der Waals surface area contributed by atoms with Gasteiger partial charge in [-0.25, -0.2) is 0 Å². The minimum absolute atomic E-state index is 0.0394. The first-order chi connectivity index (χ1) is 9.67. The average molecular weight is 275 g/mol. The number of rotatable bonds is 5. The average Bonchev–Trinajstić information content (AvgIpc) is 2.44. The monoisotopic (exact) mass is 275 g/mol. The number of anilines is 1. The van der Waals surface area contributed by atoms with Crippen LogP contribution in [0.25, 0.3) is 0 Å². The molecule has 2 rings (SSSR count). The summed E-state index contributed by atoms with van der Waals surface area (Å²) in [6.07, 6.45) is 5.09. The van der Waals surface area contributed by atoms with Gasteiger partial charge in [0.15, 0.2) is 0 Å². The van der Waals surface area contributed by atoms with Crippen molar-refractivity contribution in [2.45, 2.75) is 52.0 Å². The summed E-state index contributed by atoms with van der Waals surface area (Å²) < 4.78 is 5.02. The van der Waals surface area contributed by atoms with Crippen molar-refractivity contribution < 1.29 is 9.53 Å². The molecule has 0 bridgehead atoms. The van der Waals surface area contributed by atoms with Crippen LogP contribution in [0.4, 0.5) is 5.69 Å². The lowest BCUT2D eigenvalue weighted by molar-refractivity contribution is -0.144. The Kier molecular flexibility index (Phi) is 5.45. The predicted molar refractivity (Wildman–Crippen MR) is 81.8 cm³/mol. The maximum atomic E-state index is 11.5. The summed E-state index contributed by atoms with van der Waals surface area (Å²) in [5.74, 6) is 0.465. The lowest BCUT2D eigenvalue weighted by Crippen LogP contribution is -2.27. The highest BCUT2D eigenvalue weighted by molar-refractivity contribution is 5.69. The van der Waals surface area contributed by atoms with Crippen LogP contribution in [-0.4, -0.2) is 18.6 Å². The molecule has 1 saturated carbocycles. The van der Waals surface area contributed by atoms with Crippen molar-refractivity contribution in [3.63, 3.8) is 0 Å². The molecule has 20 heavy (non-hydrogen) atoms. The van der Waals surface area contributed by atoms with Gasteiger partial charge in [0.1, 0.15) is 0 Å². The SMILES string of the molecule is CCOC(=O)CC1CCC(Nc2ccc(C)cc2)CC1. The Labute approximate surface area is 121 Å². The normalized spacial score (nSPS) is 22.3. The zero-order chi connectivity index (χ0) is 14.4. The standard InChI is InChI=1S/C17H25NO2/c1-3-20-17(19)12-14-6-10-16(11-7-14)18-15-8-4-13(2)5-9-15/h4-5,8-9,14,16,18H,3,6-7,10-12H2,1-2H3. The Morgan fingerprint density at radius 2 is 1.85 bits per heavy atom. The third-order valence-electron chi connectivity index (χ3n) is 4.03. The fourth-order valence-corrected chi connectivity index (χ4v) is 2.85. The van der Waals surface area contributed by atoms with Crippen molar-refractivity contribution in [1.29, 1.82) is 0 Å². The molecule has 1 N–H and O–H groups in total. The summed E-state index contributed by atoms with van der Waals surface area (Å²) in [4.78, 5) is 11.5. The van der Waals surface area contributed by atoms with Gasteiger partial charge in [-0.05, 0) is 57.6 Å². The summed E-state index contributed by atoms with van der Waals surface area (Å²) in [7, 11) is 0. The number of nitrogens with one attached hydrogen (secondary N) is 1. The quantitative estimate of drug-likeness (QED) is 0.828. The molecule has 0 heterocycles. The number of hydrogen-bond donors (Lipinski definition) is 1. The second kappa shape index (κ2) is 7.32. The van der Waals surface area contributed by atoms with Gasteiger partial charge < -0.3 is 10.1 Å². The summed E-state index contributed by atoms with van der Waals surface area (Å²) in [5, 5.41) is 3.59. The van der Waals surface area contributed by atoms with E-state index in [-0.39, 0.29) is 5.97 Å². The third kappa shape index (κ3) is 4.55. The summed E-state index contributed by atoms with van der Waals surface area (Å²) in [6, 6.07) is 9.08. The molecule has 3 nitrogen and oxygen atoms in total. The van der Waals surface area contributed by atoms with Gasteiger partial charge in [-0.1, -0.05) is 17.7 Å². The van der Waals surface area contributed by atoms with Crippen LogP contribution in [0.3, 0.4) is 0 Å². The van der Waals surface area contributed by atoms with E-state index in [1.54, 1.807) is 0 Å². The van der Waals surface area contributed by atoms with Crippen LogP contribution in [0, 0.1) is 12.8 Å². The summed E-state index contributed by atoms with van der Waals surface area (Å²) in [5.41, 5.74) is 2.48. The molecule has 3 heteroatoms. The molecule has 0 atom stereocenters. The largest absolute Gasteiger partial charge is 0.466 e. The molecule has 1 aromatic carbocycles. The minimum atomic E-state index is -0.0394. The molecule has 1 aromatic rings. The lowest BCUT2D eigenvalue weighted by Gasteiger charge is -2.29. The molecule has 0 spiro atoms. The van der Waals surface area contributed by atoms with Gasteiger partial charge in [0.25, 0.3) is 0 Å². The van der Waals surface area contributed by atoms with E-state index < -0.39 is 0 Å². The van der Waals surface area contributed by atoms with E-state index in [4.69, 9.17) is 4.74 Å². The van der Waals surface area contributed by atoms with Crippen LogP contribution in [0.15, 0.2) is 24.3 Å². The Bertz CT molecular complexity index is 419. The smallest absolute Gasteiger partial charge is 0.306 e. The van der Waals surface area contributed by atoms with E-state index in [0.717, 1.165) is 25.7 Å². The maximum Gasteiger partial charge on any atom is 0.306 e. The van der Waals surface area contributed by atoms with Crippen LogP contribution < -0.4 is 5.32 Å². The van der Waals surface area contributed by atoms with Crippen LogP contribution in [0.5, 0.6) is 0 Å². The molecule has 0 unspecified atom stereocenters. The van der Waals surface area contributed by atoms with E-state index >= 15 is 0 Å². The summed E-state index contributed by atoms with van der Waals surface area (Å²) >= 11 is 0. The van der Waals surface area contributed by atoms with E-state index in [2.05, 4.69) is 36.5 Å². The molecule has 0 aromatic heterocycles. The molecular formula is C17H25NO2. The van der Waals surface area contributed by atoms with Crippen molar-refractivity contribution >= 4 is 11.7 Å². The van der Waals surface area contributed by atoms with Gasteiger partial charge >= 0.3 is 5.97 Å². The molecule has 0 radical (unpaired) electrons. The molecule has 0 saturated heterocycles. The third-order valence-corrected chi connectivity index (χ3v) is 4.03. The molecule has 1 aliphatic carbocycles. The van der Waals surface area contributed by atoms with Crippen molar-refractivity contribution in [2.24, 2.45) is 5.92 Å². The second-order valence-corrected chi connectivity index (χ2v) is 5.74. The zero-order valence-corrected chi connectivity index (χ0v) is 12.5. The Hall–Kier alpha value is -1.51. The van der Waals surface area contributed by atoms with Crippen LogP contribution in [0.2, 0.25) is 0 Å². The Balaban J connectivity index is 1.74. The first-order valence-electron chi connectivity index (χ1n) is 7.66. The van der Waals surface area contributed by atoms with Gasteiger partial charge in [0.2, 0.25) is 0 Å². The number of benzene rings is 1. The Morgan fingerprint density at radius 3 is 2.45 bits per heavy atom. The molecule has 110 valence electrons. The summed E-state index contributed by atoms with van der Waals surface area (Å²) in [6.45, 7) is 4.45. The van der Waals surface area contributed by atoms with Gasteiger partial charge in [-0.15, -0.1) is 0 Å². The minimum Gasteiger partial charge on any atom is -0.466 e. The van der Waals surface area contributed by atoms with Gasteiger partial charge in [0.05, 0.1) is 6.61 Å². The number of carbonyl (C=O) groups is 1. The maximum absolute atomic E-state index is 11.5. The molecular weight excluding hydrogens is 250 g/mol. The Morgan fingerprint density at radius 1 is 1.20 bits per heavy atom. The van der Waals surface area contributed by atoms with Gasteiger partial charge in [0, 0.05) is 18.2 Å². The predicted octanol–water partition coefficient (Wildman–Crippen LogP) is 3.92. The van der Waals surface area contributed by atoms with Crippen LogP contribution >= 0.6 is 0 Å². The van der Waals surface area contributed by atoms with Crippen LogP contribution in [-0.2, 0) is 9.53 Å². The van der Waals surface area contributed by atoms with Crippen LogP contribution in [0.1, 0.15) is 44.6 Å². The molecule has 1 aliphatic rings. The first-order valence-corrected chi connectivity index (χ1v) is 7.66.